The number of rotatable bonds is 5. The Bertz CT molecular complexity index is 514. The number of hydrogen-bond donors (Lipinski definition) is 1. The van der Waals surface area contributed by atoms with Crippen molar-refractivity contribution in [1.29, 1.82) is 0 Å². The van der Waals surface area contributed by atoms with Crippen molar-refractivity contribution in [2.75, 3.05) is 7.11 Å². The first-order valence-electron chi connectivity index (χ1n) is 5.90. The summed E-state index contributed by atoms with van der Waals surface area (Å²) in [6.45, 7) is 3.42. The highest BCUT2D eigenvalue weighted by Crippen LogP contribution is 2.12. The predicted molar refractivity (Wildman–Crippen MR) is 70.3 cm³/mol. The van der Waals surface area contributed by atoms with Gasteiger partial charge in [0, 0.05) is 19.3 Å². The first-order chi connectivity index (χ1) is 8.78. The number of hydrogen-bond acceptors (Lipinski definition) is 4. The largest absolute Gasteiger partial charge is 0.497 e. The zero-order valence-electron chi connectivity index (χ0n) is 10.7. The second kappa shape index (κ2) is 6.12. The van der Waals surface area contributed by atoms with Gasteiger partial charge in [0.2, 0.25) is 0 Å². The molecular weight excluding hydrogens is 226 g/mol. The Kier molecular flexibility index (Phi) is 4.25. The highest BCUT2D eigenvalue weighted by molar-refractivity contribution is 5.28. The molecule has 1 aromatic carbocycles. The Morgan fingerprint density at radius 1 is 1.22 bits per heavy atom. The molecule has 0 atom stereocenters. The van der Waals surface area contributed by atoms with Crippen molar-refractivity contribution in [3.8, 4) is 5.75 Å². The van der Waals surface area contributed by atoms with Crippen LogP contribution in [-0.2, 0) is 13.1 Å². The van der Waals surface area contributed by atoms with Crippen molar-refractivity contribution in [3.05, 3.63) is 53.6 Å². The van der Waals surface area contributed by atoms with Gasteiger partial charge in [-0.15, -0.1) is 0 Å². The SMILES string of the molecule is COc1cccc(CNCc2ccnc(C)n2)c1. The van der Waals surface area contributed by atoms with E-state index in [-0.39, 0.29) is 0 Å². The van der Waals surface area contributed by atoms with Gasteiger partial charge in [-0.2, -0.15) is 0 Å². The lowest BCUT2D eigenvalue weighted by molar-refractivity contribution is 0.414. The van der Waals surface area contributed by atoms with E-state index >= 15 is 0 Å². The van der Waals surface area contributed by atoms with Gasteiger partial charge >= 0.3 is 0 Å². The van der Waals surface area contributed by atoms with Crippen LogP contribution < -0.4 is 10.1 Å². The predicted octanol–water partition coefficient (Wildman–Crippen LogP) is 2.08. The number of methoxy groups -OCH3 is 1. The molecule has 0 saturated carbocycles. The summed E-state index contributed by atoms with van der Waals surface area (Å²) in [4.78, 5) is 8.41. The fraction of sp³-hybridized carbons (Fsp3) is 0.286. The maximum atomic E-state index is 5.19. The summed E-state index contributed by atoms with van der Waals surface area (Å²) in [7, 11) is 1.68. The molecule has 1 heterocycles. The van der Waals surface area contributed by atoms with Crippen molar-refractivity contribution in [3.63, 3.8) is 0 Å². The van der Waals surface area contributed by atoms with E-state index in [2.05, 4.69) is 21.4 Å². The molecule has 0 aliphatic heterocycles. The second-order valence-corrected chi connectivity index (χ2v) is 4.05. The quantitative estimate of drug-likeness (QED) is 0.873. The van der Waals surface area contributed by atoms with Crippen LogP contribution in [0.1, 0.15) is 17.1 Å². The summed E-state index contributed by atoms with van der Waals surface area (Å²) < 4.78 is 5.19. The molecule has 0 unspecified atom stereocenters. The second-order valence-electron chi connectivity index (χ2n) is 4.05. The van der Waals surface area contributed by atoms with Gasteiger partial charge < -0.3 is 10.1 Å². The number of benzene rings is 1. The third kappa shape index (κ3) is 3.53. The van der Waals surface area contributed by atoms with Crippen molar-refractivity contribution in [1.82, 2.24) is 15.3 Å². The molecule has 94 valence electrons. The number of ether oxygens (including phenoxy) is 1. The first kappa shape index (κ1) is 12.5. The Balaban J connectivity index is 1.88. The summed E-state index contributed by atoms with van der Waals surface area (Å²) >= 11 is 0. The maximum absolute atomic E-state index is 5.19. The third-order valence-electron chi connectivity index (χ3n) is 2.60. The molecule has 0 aliphatic carbocycles. The number of nitrogens with one attached hydrogen (secondary N) is 1. The summed E-state index contributed by atoms with van der Waals surface area (Å²) in [6, 6.07) is 9.95. The van der Waals surface area contributed by atoms with Crippen LogP contribution in [0.15, 0.2) is 36.5 Å². The van der Waals surface area contributed by atoms with E-state index in [0.29, 0.717) is 0 Å². The van der Waals surface area contributed by atoms with E-state index in [9.17, 15) is 0 Å². The van der Waals surface area contributed by atoms with E-state index in [0.717, 1.165) is 30.4 Å². The molecule has 0 aliphatic rings. The van der Waals surface area contributed by atoms with Crippen LogP contribution in [0.2, 0.25) is 0 Å². The van der Waals surface area contributed by atoms with E-state index in [1.807, 2.05) is 31.2 Å². The Labute approximate surface area is 107 Å². The van der Waals surface area contributed by atoms with Crippen LogP contribution in [0, 0.1) is 6.92 Å². The molecule has 0 fully saturated rings. The minimum Gasteiger partial charge on any atom is -0.497 e. The van der Waals surface area contributed by atoms with Crippen LogP contribution in [0.3, 0.4) is 0 Å². The van der Waals surface area contributed by atoms with Gasteiger partial charge in [0.1, 0.15) is 11.6 Å². The average molecular weight is 243 g/mol. The van der Waals surface area contributed by atoms with Crippen LogP contribution in [0.25, 0.3) is 0 Å². The zero-order chi connectivity index (χ0) is 12.8. The summed E-state index contributed by atoms with van der Waals surface area (Å²) in [5.74, 6) is 1.68. The molecule has 0 bridgehead atoms. The molecule has 4 heteroatoms. The molecule has 1 N–H and O–H groups in total. The molecule has 0 spiro atoms. The summed E-state index contributed by atoms with van der Waals surface area (Å²) in [5.41, 5.74) is 2.20. The van der Waals surface area contributed by atoms with Crippen LogP contribution >= 0.6 is 0 Å². The highest BCUT2D eigenvalue weighted by atomic mass is 16.5. The number of nitrogens with zero attached hydrogens (tertiary/aromatic N) is 2. The highest BCUT2D eigenvalue weighted by Gasteiger charge is 1.98. The summed E-state index contributed by atoms with van der Waals surface area (Å²) in [5, 5.41) is 3.35. The van der Waals surface area contributed by atoms with E-state index in [4.69, 9.17) is 4.74 Å². The third-order valence-corrected chi connectivity index (χ3v) is 2.60. The van der Waals surface area contributed by atoms with Crippen molar-refractivity contribution in [2.45, 2.75) is 20.0 Å². The molecule has 2 aromatic rings. The van der Waals surface area contributed by atoms with Gasteiger partial charge in [0.25, 0.3) is 0 Å². The molecule has 2 rings (SSSR count). The van der Waals surface area contributed by atoms with Crippen molar-refractivity contribution < 1.29 is 4.74 Å². The van der Waals surface area contributed by atoms with E-state index in [1.165, 1.54) is 5.56 Å². The van der Waals surface area contributed by atoms with Gasteiger partial charge in [0.05, 0.1) is 12.8 Å². The Morgan fingerprint density at radius 2 is 2.11 bits per heavy atom. The van der Waals surface area contributed by atoms with Gasteiger partial charge in [-0.25, -0.2) is 9.97 Å². The fourth-order valence-electron chi connectivity index (χ4n) is 1.72. The standard InChI is InChI=1S/C14H17N3O/c1-11-16-7-6-13(17-11)10-15-9-12-4-3-5-14(8-12)18-2/h3-8,15H,9-10H2,1-2H3. The molecule has 4 nitrogen and oxygen atoms in total. The molecule has 1 aromatic heterocycles. The van der Waals surface area contributed by atoms with Crippen LogP contribution in [-0.4, -0.2) is 17.1 Å². The Hall–Kier alpha value is -1.94. The smallest absolute Gasteiger partial charge is 0.125 e. The minimum atomic E-state index is 0.737. The molecule has 18 heavy (non-hydrogen) atoms. The van der Waals surface area contributed by atoms with Gasteiger partial charge in [0.15, 0.2) is 0 Å². The monoisotopic (exact) mass is 243 g/mol. The lowest BCUT2D eigenvalue weighted by Crippen LogP contribution is -2.14. The normalized spacial score (nSPS) is 10.3. The van der Waals surface area contributed by atoms with Gasteiger partial charge in [-0.3, -0.25) is 0 Å². The van der Waals surface area contributed by atoms with Crippen molar-refractivity contribution >= 4 is 0 Å². The molecule has 0 saturated heterocycles. The van der Waals surface area contributed by atoms with Crippen LogP contribution in [0.4, 0.5) is 0 Å². The maximum Gasteiger partial charge on any atom is 0.125 e. The van der Waals surface area contributed by atoms with Crippen molar-refractivity contribution in [2.24, 2.45) is 0 Å². The van der Waals surface area contributed by atoms with E-state index < -0.39 is 0 Å². The van der Waals surface area contributed by atoms with Gasteiger partial charge in [-0.1, -0.05) is 12.1 Å². The van der Waals surface area contributed by atoms with Crippen LogP contribution in [0.5, 0.6) is 5.75 Å². The first-order valence-corrected chi connectivity index (χ1v) is 5.90. The van der Waals surface area contributed by atoms with E-state index in [1.54, 1.807) is 13.3 Å². The fourth-order valence-corrected chi connectivity index (χ4v) is 1.72. The lowest BCUT2D eigenvalue weighted by Gasteiger charge is -2.06. The number of aromatic nitrogens is 2. The zero-order valence-corrected chi connectivity index (χ0v) is 10.7. The average Bonchev–Trinajstić information content (AvgIpc) is 2.39. The lowest BCUT2D eigenvalue weighted by atomic mass is 10.2. The molecular formula is C14H17N3O. The number of aryl methyl sites for hydroxylation is 1. The molecule has 0 amide bonds. The summed E-state index contributed by atoms with van der Waals surface area (Å²) in [6.07, 6.45) is 1.78. The topological polar surface area (TPSA) is 47.0 Å². The minimum absolute atomic E-state index is 0.737. The van der Waals surface area contributed by atoms with Gasteiger partial charge in [-0.05, 0) is 30.7 Å². The Morgan fingerprint density at radius 3 is 2.89 bits per heavy atom. The molecule has 0 radical (unpaired) electrons.